The summed E-state index contributed by atoms with van der Waals surface area (Å²) in [5.74, 6) is 0.788. The highest BCUT2D eigenvalue weighted by Gasteiger charge is 2.30. The zero-order valence-corrected chi connectivity index (χ0v) is 12.1. The highest BCUT2D eigenvalue weighted by atomic mass is 16.6. The molecule has 0 spiro atoms. The molecule has 1 saturated heterocycles. The molecule has 0 bridgehead atoms. The van der Waals surface area contributed by atoms with Crippen LogP contribution in [0.5, 0.6) is 0 Å². The zero-order chi connectivity index (χ0) is 15.4. The van der Waals surface area contributed by atoms with Crippen molar-refractivity contribution < 1.29 is 9.72 Å². The Labute approximate surface area is 122 Å². The van der Waals surface area contributed by atoms with Crippen LogP contribution in [0.15, 0.2) is 12.1 Å². The Balaban J connectivity index is 2.39. The number of aromatic nitrogens is 1. The van der Waals surface area contributed by atoms with E-state index in [1.165, 1.54) is 12.1 Å². The molecule has 2 rings (SSSR count). The molecule has 8 nitrogen and oxygen atoms in total. The Bertz CT molecular complexity index is 549. The van der Waals surface area contributed by atoms with Gasteiger partial charge in [0.1, 0.15) is 17.7 Å². The standard InChI is InChI=1S/C13H19N5O3/c1-14-11-7-9(18(20)21)8-12(16-11)17-6-4-3-5-10(17)13(19)15-2/h7-8,10H,3-6H2,1-2H3,(H,14,16)(H,15,19). The molecule has 2 N–H and O–H groups in total. The molecule has 0 aliphatic carbocycles. The van der Waals surface area contributed by atoms with Gasteiger partial charge in [-0.2, -0.15) is 0 Å². The third-order valence-corrected chi connectivity index (χ3v) is 3.61. The van der Waals surface area contributed by atoms with Crippen LogP contribution in [0, 0.1) is 10.1 Å². The largest absolute Gasteiger partial charge is 0.373 e. The summed E-state index contributed by atoms with van der Waals surface area (Å²) in [6, 6.07) is 2.47. The lowest BCUT2D eigenvalue weighted by Gasteiger charge is -2.35. The fraction of sp³-hybridized carbons (Fsp3) is 0.538. The van der Waals surface area contributed by atoms with Crippen LogP contribution in [-0.2, 0) is 4.79 Å². The average Bonchev–Trinajstić information content (AvgIpc) is 2.53. The second-order valence-corrected chi connectivity index (χ2v) is 4.90. The number of carbonyl (C=O) groups is 1. The summed E-state index contributed by atoms with van der Waals surface area (Å²) in [4.78, 5) is 28.8. The lowest BCUT2D eigenvalue weighted by molar-refractivity contribution is -0.384. The van der Waals surface area contributed by atoms with Gasteiger partial charge in [0, 0.05) is 20.6 Å². The van der Waals surface area contributed by atoms with Gasteiger partial charge in [0.2, 0.25) is 5.91 Å². The number of nitrogens with one attached hydrogen (secondary N) is 2. The van der Waals surface area contributed by atoms with Crippen molar-refractivity contribution in [2.24, 2.45) is 0 Å². The topological polar surface area (TPSA) is 100 Å². The first kappa shape index (κ1) is 15.0. The van der Waals surface area contributed by atoms with E-state index in [0.717, 1.165) is 19.3 Å². The van der Waals surface area contributed by atoms with Crippen LogP contribution in [0.2, 0.25) is 0 Å². The fourth-order valence-corrected chi connectivity index (χ4v) is 2.53. The van der Waals surface area contributed by atoms with Crippen molar-refractivity contribution in [3.63, 3.8) is 0 Å². The molecule has 114 valence electrons. The third-order valence-electron chi connectivity index (χ3n) is 3.61. The van der Waals surface area contributed by atoms with Gasteiger partial charge in [-0.25, -0.2) is 4.98 Å². The highest BCUT2D eigenvalue weighted by molar-refractivity contribution is 5.85. The summed E-state index contributed by atoms with van der Waals surface area (Å²) in [5, 5.41) is 16.5. The molecule has 1 amide bonds. The van der Waals surface area contributed by atoms with E-state index in [0.29, 0.717) is 18.2 Å². The molecule has 8 heteroatoms. The minimum absolute atomic E-state index is 0.0365. The van der Waals surface area contributed by atoms with Crippen molar-refractivity contribution in [1.29, 1.82) is 0 Å². The van der Waals surface area contributed by atoms with Gasteiger partial charge in [0.05, 0.1) is 17.1 Å². The molecule has 21 heavy (non-hydrogen) atoms. The molecular weight excluding hydrogens is 274 g/mol. The summed E-state index contributed by atoms with van der Waals surface area (Å²) >= 11 is 0. The number of likely N-dealkylation sites (N-methyl/N-ethyl adjacent to an activating group) is 1. The minimum atomic E-state index is -0.454. The Morgan fingerprint density at radius 1 is 1.43 bits per heavy atom. The lowest BCUT2D eigenvalue weighted by atomic mass is 10.0. The number of pyridine rings is 1. The van der Waals surface area contributed by atoms with Crippen LogP contribution in [0.4, 0.5) is 17.3 Å². The van der Waals surface area contributed by atoms with Crippen molar-refractivity contribution in [2.75, 3.05) is 30.9 Å². The Hall–Kier alpha value is -2.38. The van der Waals surface area contributed by atoms with Crippen LogP contribution in [0.3, 0.4) is 0 Å². The van der Waals surface area contributed by atoms with Gasteiger partial charge in [-0.15, -0.1) is 0 Å². The van der Waals surface area contributed by atoms with Gasteiger partial charge in [-0.1, -0.05) is 0 Å². The van der Waals surface area contributed by atoms with Gasteiger partial charge >= 0.3 is 0 Å². The van der Waals surface area contributed by atoms with Gasteiger partial charge in [-0.05, 0) is 19.3 Å². The second-order valence-electron chi connectivity index (χ2n) is 4.90. The van der Waals surface area contributed by atoms with E-state index in [1.54, 1.807) is 14.1 Å². The molecule has 1 aliphatic heterocycles. The number of piperidine rings is 1. The zero-order valence-electron chi connectivity index (χ0n) is 12.1. The number of rotatable bonds is 4. The van der Waals surface area contributed by atoms with Crippen LogP contribution in [0.25, 0.3) is 0 Å². The monoisotopic (exact) mass is 293 g/mol. The molecule has 1 fully saturated rings. The molecule has 1 aromatic heterocycles. The summed E-state index contributed by atoms with van der Waals surface area (Å²) in [6.07, 6.45) is 2.62. The molecule has 1 aromatic rings. The highest BCUT2D eigenvalue weighted by Crippen LogP contribution is 2.28. The van der Waals surface area contributed by atoms with E-state index in [-0.39, 0.29) is 17.6 Å². The first-order valence-corrected chi connectivity index (χ1v) is 6.89. The molecule has 0 saturated carbocycles. The molecule has 0 aromatic carbocycles. The molecule has 1 unspecified atom stereocenters. The van der Waals surface area contributed by atoms with Gasteiger partial charge in [-0.3, -0.25) is 14.9 Å². The number of hydrogen-bond acceptors (Lipinski definition) is 6. The Kier molecular flexibility index (Phi) is 4.56. The fourth-order valence-electron chi connectivity index (χ4n) is 2.53. The quantitative estimate of drug-likeness (QED) is 0.637. The van der Waals surface area contributed by atoms with Crippen LogP contribution < -0.4 is 15.5 Å². The SMILES string of the molecule is CNC(=O)C1CCCCN1c1cc([N+](=O)[O-])cc(NC)n1. The Morgan fingerprint density at radius 2 is 2.19 bits per heavy atom. The number of nitrogens with zero attached hydrogens (tertiary/aromatic N) is 3. The summed E-state index contributed by atoms with van der Waals surface area (Å²) in [5.41, 5.74) is -0.0365. The predicted molar refractivity (Wildman–Crippen MR) is 79.5 cm³/mol. The number of amides is 1. The van der Waals surface area contributed by atoms with Crippen LogP contribution in [-0.4, -0.2) is 42.5 Å². The summed E-state index contributed by atoms with van der Waals surface area (Å²) in [7, 11) is 3.25. The normalized spacial score (nSPS) is 18.2. The minimum Gasteiger partial charge on any atom is -0.373 e. The van der Waals surface area contributed by atoms with E-state index < -0.39 is 4.92 Å². The van der Waals surface area contributed by atoms with Crippen LogP contribution in [0.1, 0.15) is 19.3 Å². The molecule has 2 heterocycles. The number of carbonyl (C=O) groups excluding carboxylic acids is 1. The number of anilines is 2. The van der Waals surface area contributed by atoms with Crippen molar-refractivity contribution >= 4 is 23.2 Å². The smallest absolute Gasteiger partial charge is 0.276 e. The summed E-state index contributed by atoms with van der Waals surface area (Å²) in [6.45, 7) is 0.662. The van der Waals surface area contributed by atoms with Gasteiger partial charge < -0.3 is 15.5 Å². The second kappa shape index (κ2) is 6.38. The van der Waals surface area contributed by atoms with E-state index in [9.17, 15) is 14.9 Å². The lowest BCUT2D eigenvalue weighted by Crippen LogP contribution is -2.49. The van der Waals surface area contributed by atoms with Crippen molar-refractivity contribution in [2.45, 2.75) is 25.3 Å². The summed E-state index contributed by atoms with van der Waals surface area (Å²) < 4.78 is 0. The van der Waals surface area contributed by atoms with Crippen molar-refractivity contribution in [3.05, 3.63) is 22.2 Å². The molecule has 0 radical (unpaired) electrons. The van der Waals surface area contributed by atoms with E-state index >= 15 is 0 Å². The van der Waals surface area contributed by atoms with Gasteiger partial charge in [0.25, 0.3) is 5.69 Å². The molecule has 1 aliphatic rings. The van der Waals surface area contributed by atoms with Crippen molar-refractivity contribution in [3.8, 4) is 0 Å². The van der Waals surface area contributed by atoms with Gasteiger partial charge in [0.15, 0.2) is 0 Å². The molecule has 1 atom stereocenters. The van der Waals surface area contributed by atoms with Crippen molar-refractivity contribution in [1.82, 2.24) is 10.3 Å². The maximum Gasteiger partial charge on any atom is 0.276 e. The molecular formula is C13H19N5O3. The third kappa shape index (κ3) is 3.21. The maximum atomic E-state index is 12.0. The first-order valence-electron chi connectivity index (χ1n) is 6.89. The number of hydrogen-bond donors (Lipinski definition) is 2. The average molecular weight is 293 g/mol. The van der Waals surface area contributed by atoms with E-state index in [4.69, 9.17) is 0 Å². The Morgan fingerprint density at radius 3 is 2.81 bits per heavy atom. The first-order chi connectivity index (χ1) is 10.1. The van der Waals surface area contributed by atoms with E-state index in [1.807, 2.05) is 4.90 Å². The van der Waals surface area contributed by atoms with Crippen LogP contribution >= 0.6 is 0 Å². The maximum absolute atomic E-state index is 12.0. The predicted octanol–water partition coefficient (Wildman–Crippen LogP) is 1.14. The number of nitro groups is 1. The van der Waals surface area contributed by atoms with E-state index in [2.05, 4.69) is 15.6 Å².